The molecule has 0 radical (unpaired) electrons. The van der Waals surface area contributed by atoms with Gasteiger partial charge in [0, 0.05) is 11.6 Å². The molecule has 1 aromatic heterocycles. The summed E-state index contributed by atoms with van der Waals surface area (Å²) in [6.07, 6.45) is 0. The molecule has 0 unspecified atom stereocenters. The first-order valence-electron chi connectivity index (χ1n) is 7.43. The summed E-state index contributed by atoms with van der Waals surface area (Å²) in [5, 5.41) is 9.16. The van der Waals surface area contributed by atoms with Gasteiger partial charge in [-0.3, -0.25) is 9.89 Å². The quantitative estimate of drug-likeness (QED) is 0.678. The van der Waals surface area contributed by atoms with E-state index in [4.69, 9.17) is 0 Å². The Kier molecular flexibility index (Phi) is 5.08. The zero-order valence-corrected chi connectivity index (χ0v) is 14.0. The van der Waals surface area contributed by atoms with Crippen LogP contribution in [0.25, 0.3) is 11.4 Å². The Labute approximate surface area is 146 Å². The normalized spacial score (nSPS) is 12.0. The van der Waals surface area contributed by atoms with E-state index >= 15 is 0 Å². The van der Waals surface area contributed by atoms with Gasteiger partial charge >= 0.3 is 0 Å². The maximum atomic E-state index is 13.6. The number of anilines is 1. The number of aromatic nitrogens is 3. The van der Waals surface area contributed by atoms with Crippen LogP contribution in [0, 0.1) is 11.6 Å². The lowest BCUT2D eigenvalue weighted by atomic mass is 10.2. The van der Waals surface area contributed by atoms with Gasteiger partial charge in [0.05, 0.1) is 10.9 Å². The number of aromatic amines is 1. The molecule has 1 atom stereocenters. The van der Waals surface area contributed by atoms with Crippen molar-refractivity contribution in [3.63, 3.8) is 0 Å². The van der Waals surface area contributed by atoms with Gasteiger partial charge in [0.25, 0.3) is 0 Å². The fraction of sp³-hybridized carbons (Fsp3) is 0.118. The number of thioether (sulfide) groups is 1. The summed E-state index contributed by atoms with van der Waals surface area (Å²) in [5.74, 6) is -1.36. The second-order valence-electron chi connectivity index (χ2n) is 5.21. The molecule has 0 spiro atoms. The molecule has 0 aliphatic carbocycles. The van der Waals surface area contributed by atoms with Gasteiger partial charge in [0.15, 0.2) is 5.82 Å². The van der Waals surface area contributed by atoms with E-state index in [2.05, 4.69) is 20.5 Å². The van der Waals surface area contributed by atoms with E-state index in [9.17, 15) is 13.6 Å². The molecule has 1 amide bonds. The number of nitrogens with zero attached hydrogens (tertiary/aromatic N) is 2. The van der Waals surface area contributed by atoms with Crippen LogP contribution in [0.4, 0.5) is 14.5 Å². The number of carbonyl (C=O) groups is 1. The van der Waals surface area contributed by atoms with Crippen molar-refractivity contribution in [3.8, 4) is 11.4 Å². The Bertz CT molecular complexity index is 885. The lowest BCUT2D eigenvalue weighted by Gasteiger charge is -2.10. The van der Waals surface area contributed by atoms with Crippen LogP contribution >= 0.6 is 11.8 Å². The molecular formula is C17H14F2N4OS. The monoisotopic (exact) mass is 360 g/mol. The van der Waals surface area contributed by atoms with Crippen molar-refractivity contribution in [1.82, 2.24) is 15.2 Å². The Balaban J connectivity index is 1.65. The minimum atomic E-state index is -0.824. The van der Waals surface area contributed by atoms with Crippen molar-refractivity contribution in [2.24, 2.45) is 0 Å². The average Bonchev–Trinajstić information content (AvgIpc) is 3.06. The molecule has 0 aliphatic heterocycles. The van der Waals surface area contributed by atoms with E-state index in [1.165, 1.54) is 6.07 Å². The third-order valence-corrected chi connectivity index (χ3v) is 4.31. The fourth-order valence-electron chi connectivity index (χ4n) is 2.06. The van der Waals surface area contributed by atoms with Gasteiger partial charge in [-0.25, -0.2) is 13.8 Å². The molecule has 3 aromatic rings. The van der Waals surface area contributed by atoms with Gasteiger partial charge in [-0.2, -0.15) is 0 Å². The molecule has 1 heterocycles. The fourth-order valence-corrected chi connectivity index (χ4v) is 2.79. The standard InChI is InChI=1S/C17H14F2N4OS/c1-10(16(24)20-14-8-7-12(18)9-13(14)19)25-17-21-15(22-23-17)11-5-3-2-4-6-11/h2-10H,1H3,(H,20,24)(H,21,22,23)/t10-/m1/s1. The van der Waals surface area contributed by atoms with Crippen LogP contribution in [0.3, 0.4) is 0 Å². The minimum absolute atomic E-state index is 0.0705. The number of benzene rings is 2. The molecule has 128 valence electrons. The Hall–Kier alpha value is -2.74. The second kappa shape index (κ2) is 7.43. The summed E-state index contributed by atoms with van der Waals surface area (Å²) in [7, 11) is 0. The maximum Gasteiger partial charge on any atom is 0.237 e. The molecule has 0 fully saturated rings. The number of nitrogens with one attached hydrogen (secondary N) is 2. The zero-order valence-electron chi connectivity index (χ0n) is 13.2. The lowest BCUT2D eigenvalue weighted by Crippen LogP contribution is -2.23. The van der Waals surface area contributed by atoms with Crippen molar-refractivity contribution in [2.75, 3.05) is 5.32 Å². The highest BCUT2D eigenvalue weighted by Gasteiger charge is 2.19. The SMILES string of the molecule is C[C@@H](Sc1n[nH]c(-c2ccccc2)n1)C(=O)Nc1ccc(F)cc1F. The number of hydrogen-bond acceptors (Lipinski definition) is 4. The highest BCUT2D eigenvalue weighted by Crippen LogP contribution is 2.24. The number of amides is 1. The van der Waals surface area contributed by atoms with Crippen molar-refractivity contribution in [2.45, 2.75) is 17.3 Å². The highest BCUT2D eigenvalue weighted by atomic mass is 32.2. The predicted molar refractivity (Wildman–Crippen MR) is 92.1 cm³/mol. The predicted octanol–water partition coefficient (Wildman–Crippen LogP) is 3.87. The van der Waals surface area contributed by atoms with Crippen LogP contribution in [0.1, 0.15) is 6.92 Å². The molecule has 8 heteroatoms. The topological polar surface area (TPSA) is 70.7 Å². The van der Waals surface area contributed by atoms with E-state index in [1.807, 2.05) is 30.3 Å². The molecule has 3 rings (SSSR count). The van der Waals surface area contributed by atoms with E-state index < -0.39 is 22.8 Å². The van der Waals surface area contributed by atoms with Crippen LogP contribution in [0.15, 0.2) is 53.7 Å². The summed E-state index contributed by atoms with van der Waals surface area (Å²) >= 11 is 1.13. The summed E-state index contributed by atoms with van der Waals surface area (Å²) in [4.78, 5) is 16.5. The Morgan fingerprint density at radius 1 is 1.20 bits per heavy atom. The Morgan fingerprint density at radius 2 is 1.96 bits per heavy atom. The lowest BCUT2D eigenvalue weighted by molar-refractivity contribution is -0.115. The van der Waals surface area contributed by atoms with Gasteiger partial charge < -0.3 is 5.32 Å². The molecule has 2 aromatic carbocycles. The first kappa shape index (κ1) is 17.1. The molecule has 0 saturated heterocycles. The summed E-state index contributed by atoms with van der Waals surface area (Å²) in [6, 6.07) is 12.4. The van der Waals surface area contributed by atoms with Crippen LogP contribution in [-0.4, -0.2) is 26.3 Å². The van der Waals surface area contributed by atoms with Crippen molar-refractivity contribution in [1.29, 1.82) is 0 Å². The van der Waals surface area contributed by atoms with Crippen molar-refractivity contribution >= 4 is 23.4 Å². The van der Waals surface area contributed by atoms with E-state index in [-0.39, 0.29) is 5.69 Å². The summed E-state index contributed by atoms with van der Waals surface area (Å²) in [6.45, 7) is 1.65. The Morgan fingerprint density at radius 3 is 2.68 bits per heavy atom. The zero-order chi connectivity index (χ0) is 17.8. The second-order valence-corrected chi connectivity index (χ2v) is 6.51. The largest absolute Gasteiger partial charge is 0.323 e. The molecule has 0 saturated carbocycles. The number of halogens is 2. The first-order valence-corrected chi connectivity index (χ1v) is 8.31. The van der Waals surface area contributed by atoms with Crippen LogP contribution in [0.2, 0.25) is 0 Å². The maximum absolute atomic E-state index is 13.6. The summed E-state index contributed by atoms with van der Waals surface area (Å²) in [5.41, 5.74) is 0.811. The van der Waals surface area contributed by atoms with E-state index in [0.717, 1.165) is 29.5 Å². The van der Waals surface area contributed by atoms with Crippen molar-refractivity contribution < 1.29 is 13.6 Å². The number of H-pyrrole nitrogens is 1. The number of carbonyl (C=O) groups excluding carboxylic acids is 1. The van der Waals surface area contributed by atoms with Crippen LogP contribution < -0.4 is 5.32 Å². The number of rotatable bonds is 5. The summed E-state index contributed by atoms with van der Waals surface area (Å²) < 4.78 is 26.5. The number of hydrogen-bond donors (Lipinski definition) is 2. The smallest absolute Gasteiger partial charge is 0.237 e. The van der Waals surface area contributed by atoms with E-state index in [1.54, 1.807) is 6.92 Å². The average molecular weight is 360 g/mol. The third kappa shape index (κ3) is 4.21. The van der Waals surface area contributed by atoms with Gasteiger partial charge in [0.1, 0.15) is 11.6 Å². The molecule has 25 heavy (non-hydrogen) atoms. The van der Waals surface area contributed by atoms with Gasteiger partial charge in [-0.15, -0.1) is 5.10 Å². The first-order chi connectivity index (χ1) is 12.0. The van der Waals surface area contributed by atoms with Gasteiger partial charge in [0.2, 0.25) is 11.1 Å². The highest BCUT2D eigenvalue weighted by molar-refractivity contribution is 8.00. The van der Waals surface area contributed by atoms with E-state index in [0.29, 0.717) is 11.0 Å². The molecule has 0 bridgehead atoms. The van der Waals surface area contributed by atoms with Crippen LogP contribution in [0.5, 0.6) is 0 Å². The molecule has 2 N–H and O–H groups in total. The molecule has 5 nitrogen and oxygen atoms in total. The third-order valence-electron chi connectivity index (χ3n) is 3.35. The molecular weight excluding hydrogens is 346 g/mol. The van der Waals surface area contributed by atoms with Gasteiger partial charge in [-0.05, 0) is 19.1 Å². The van der Waals surface area contributed by atoms with Crippen molar-refractivity contribution in [3.05, 3.63) is 60.2 Å². The van der Waals surface area contributed by atoms with Gasteiger partial charge in [-0.1, -0.05) is 42.1 Å². The minimum Gasteiger partial charge on any atom is -0.323 e. The molecule has 0 aliphatic rings. The van der Waals surface area contributed by atoms with Crippen LogP contribution in [-0.2, 0) is 4.79 Å².